The number of Topliss-reactive ketones (excluding diaryl/α,β-unsaturated/α-hetero) is 1. The third-order valence-corrected chi connectivity index (χ3v) is 4.98. The summed E-state index contributed by atoms with van der Waals surface area (Å²) in [6.45, 7) is 0. The summed E-state index contributed by atoms with van der Waals surface area (Å²) in [6.07, 6.45) is 0. The molecular weight excluding hydrogens is 452 g/mol. The molecule has 1 heterocycles. The first-order chi connectivity index (χ1) is 12.0. The lowest BCUT2D eigenvalue weighted by Gasteiger charge is -2.19. The molecule has 3 rings (SSSR count). The number of carbonyl (C=O) groups excluding carboxylic acids is 2. The number of hydrogen-bond acceptors (Lipinski definition) is 5. The van der Waals surface area contributed by atoms with E-state index in [2.05, 4.69) is 42.4 Å². The van der Waals surface area contributed by atoms with Crippen LogP contribution in [0.1, 0.15) is 21.8 Å². The van der Waals surface area contributed by atoms with Crippen molar-refractivity contribution in [3.63, 3.8) is 0 Å². The maximum absolute atomic E-state index is 12.9. The van der Waals surface area contributed by atoms with Crippen LogP contribution in [0.15, 0.2) is 62.6 Å². The fourth-order valence-electron chi connectivity index (χ4n) is 2.75. The van der Waals surface area contributed by atoms with E-state index in [4.69, 9.17) is 4.74 Å². The van der Waals surface area contributed by atoms with Gasteiger partial charge in [0.05, 0.1) is 13.0 Å². The molecule has 2 atom stereocenters. The molecule has 0 saturated heterocycles. The summed E-state index contributed by atoms with van der Waals surface area (Å²) in [4.78, 5) is 25.1. The minimum atomic E-state index is -0.742. The second-order valence-corrected chi connectivity index (χ2v) is 7.33. The number of ether oxygens (including phenoxy) is 1. The van der Waals surface area contributed by atoms with Crippen LogP contribution in [0.2, 0.25) is 0 Å². The van der Waals surface area contributed by atoms with Crippen molar-refractivity contribution < 1.29 is 14.3 Å². The molecule has 0 unspecified atom stereocenters. The second-order valence-electron chi connectivity index (χ2n) is 5.50. The molecule has 0 saturated carbocycles. The largest absolute Gasteiger partial charge is 0.467 e. The third kappa shape index (κ3) is 3.67. The number of ketones is 1. The molecular formula is C18H14Br2N2O3. The van der Waals surface area contributed by atoms with Crippen LogP contribution in [0.5, 0.6) is 0 Å². The first-order valence-corrected chi connectivity index (χ1v) is 9.06. The van der Waals surface area contributed by atoms with Crippen molar-refractivity contribution in [1.82, 2.24) is 5.43 Å². The summed E-state index contributed by atoms with van der Waals surface area (Å²) in [5, 5.41) is 4.16. The van der Waals surface area contributed by atoms with E-state index < -0.39 is 17.9 Å². The van der Waals surface area contributed by atoms with Gasteiger partial charge in [0, 0.05) is 14.5 Å². The van der Waals surface area contributed by atoms with Crippen molar-refractivity contribution in [3.05, 3.63) is 68.6 Å². The zero-order valence-electron chi connectivity index (χ0n) is 13.2. The summed E-state index contributed by atoms with van der Waals surface area (Å²) in [5.41, 5.74) is 4.36. The number of hydrogen-bond donors (Lipinski definition) is 1. The molecule has 5 nitrogen and oxygen atoms in total. The summed E-state index contributed by atoms with van der Waals surface area (Å²) in [7, 11) is 1.32. The highest BCUT2D eigenvalue weighted by molar-refractivity contribution is 9.10. The molecule has 0 spiro atoms. The highest BCUT2D eigenvalue weighted by atomic mass is 79.9. The second kappa shape index (κ2) is 7.49. The fraction of sp³-hybridized carbons (Fsp3) is 0.167. The van der Waals surface area contributed by atoms with Crippen LogP contribution in [0.25, 0.3) is 0 Å². The minimum Gasteiger partial charge on any atom is -0.467 e. The van der Waals surface area contributed by atoms with Crippen molar-refractivity contribution in [2.75, 3.05) is 7.11 Å². The Labute approximate surface area is 161 Å². The van der Waals surface area contributed by atoms with E-state index in [1.165, 1.54) is 7.11 Å². The molecule has 0 aliphatic carbocycles. The highest BCUT2D eigenvalue weighted by Crippen LogP contribution is 2.30. The molecule has 128 valence electrons. The van der Waals surface area contributed by atoms with Gasteiger partial charge in [-0.3, -0.25) is 10.2 Å². The Kier molecular flexibility index (Phi) is 5.34. The number of carbonyl (C=O) groups is 2. The van der Waals surface area contributed by atoms with Gasteiger partial charge in [0.15, 0.2) is 6.04 Å². The lowest BCUT2D eigenvalue weighted by atomic mass is 9.85. The molecule has 1 aliphatic rings. The quantitative estimate of drug-likeness (QED) is 0.552. The lowest BCUT2D eigenvalue weighted by Crippen LogP contribution is -2.38. The van der Waals surface area contributed by atoms with Gasteiger partial charge in [-0.25, -0.2) is 4.79 Å². The van der Waals surface area contributed by atoms with Gasteiger partial charge in [0.1, 0.15) is 5.71 Å². The first kappa shape index (κ1) is 17.8. The Balaban J connectivity index is 2.00. The number of hydrazone groups is 1. The van der Waals surface area contributed by atoms with Gasteiger partial charge in [-0.2, -0.15) is 5.10 Å². The zero-order chi connectivity index (χ0) is 18.0. The summed E-state index contributed by atoms with van der Waals surface area (Å²) in [6, 6.07) is 13.8. The zero-order valence-corrected chi connectivity index (χ0v) is 16.4. The smallest absolute Gasteiger partial charge is 0.330 e. The maximum Gasteiger partial charge on any atom is 0.330 e. The van der Waals surface area contributed by atoms with Gasteiger partial charge < -0.3 is 4.74 Å². The summed E-state index contributed by atoms with van der Waals surface area (Å²) < 4.78 is 6.60. The van der Waals surface area contributed by atoms with Gasteiger partial charge >= 0.3 is 5.97 Å². The van der Waals surface area contributed by atoms with Crippen molar-refractivity contribution in [2.45, 2.75) is 12.0 Å². The van der Waals surface area contributed by atoms with Gasteiger partial charge in [0.25, 0.3) is 0 Å². The van der Waals surface area contributed by atoms with Gasteiger partial charge in [0.2, 0.25) is 5.78 Å². The van der Waals surface area contributed by atoms with Crippen molar-refractivity contribution in [3.8, 4) is 0 Å². The Morgan fingerprint density at radius 2 is 1.80 bits per heavy atom. The van der Waals surface area contributed by atoms with E-state index in [0.29, 0.717) is 5.56 Å². The van der Waals surface area contributed by atoms with Gasteiger partial charge in [-0.05, 0) is 42.0 Å². The number of rotatable bonds is 4. The van der Waals surface area contributed by atoms with Crippen molar-refractivity contribution >= 4 is 49.3 Å². The molecule has 7 heteroatoms. The molecule has 2 aromatic rings. The lowest BCUT2D eigenvalue weighted by molar-refractivity contribution is -0.143. The van der Waals surface area contributed by atoms with E-state index in [1.807, 2.05) is 24.3 Å². The molecule has 0 amide bonds. The normalized spacial score (nSPS) is 19.1. The Morgan fingerprint density at radius 3 is 2.44 bits per heavy atom. The number of nitrogens with zero attached hydrogens (tertiary/aromatic N) is 1. The molecule has 1 aliphatic heterocycles. The third-order valence-electron chi connectivity index (χ3n) is 3.95. The van der Waals surface area contributed by atoms with Crippen molar-refractivity contribution in [1.29, 1.82) is 0 Å². The molecule has 0 fully saturated rings. The molecule has 25 heavy (non-hydrogen) atoms. The number of esters is 1. The number of halogens is 2. The number of benzene rings is 2. The van der Waals surface area contributed by atoms with E-state index in [1.54, 1.807) is 24.3 Å². The van der Waals surface area contributed by atoms with E-state index >= 15 is 0 Å². The van der Waals surface area contributed by atoms with Crippen LogP contribution in [0.4, 0.5) is 0 Å². The van der Waals surface area contributed by atoms with Crippen molar-refractivity contribution in [2.24, 2.45) is 5.10 Å². The van der Waals surface area contributed by atoms with Crippen LogP contribution in [0.3, 0.4) is 0 Å². The average Bonchev–Trinajstić information content (AvgIpc) is 3.06. The Hall–Kier alpha value is -1.99. The summed E-state index contributed by atoms with van der Waals surface area (Å²) in [5.74, 6) is -1.22. The topological polar surface area (TPSA) is 67.8 Å². The van der Waals surface area contributed by atoms with Gasteiger partial charge in [-0.15, -0.1) is 0 Å². The Morgan fingerprint density at radius 1 is 1.08 bits per heavy atom. The molecule has 0 bridgehead atoms. The number of nitrogens with one attached hydrogen (secondary N) is 1. The van der Waals surface area contributed by atoms with Crippen LogP contribution in [0, 0.1) is 0 Å². The predicted molar refractivity (Wildman–Crippen MR) is 102 cm³/mol. The predicted octanol–water partition coefficient (Wildman–Crippen LogP) is 3.68. The van der Waals surface area contributed by atoms with E-state index in [-0.39, 0.29) is 11.5 Å². The van der Waals surface area contributed by atoms with Crippen LogP contribution >= 0.6 is 31.9 Å². The molecule has 2 aromatic carbocycles. The first-order valence-electron chi connectivity index (χ1n) is 7.48. The Bertz CT molecular complexity index is 850. The SMILES string of the molecule is COC(=O)[C@@H]1NN=C(C(=O)c2ccc(Br)cc2)[C@@H]1c1cccc(Br)c1. The monoisotopic (exact) mass is 464 g/mol. The fourth-order valence-corrected chi connectivity index (χ4v) is 3.43. The highest BCUT2D eigenvalue weighted by Gasteiger charge is 2.41. The molecule has 0 aromatic heterocycles. The van der Waals surface area contributed by atoms with Crippen LogP contribution < -0.4 is 5.43 Å². The van der Waals surface area contributed by atoms with Crippen LogP contribution in [-0.4, -0.2) is 30.6 Å². The minimum absolute atomic E-state index is 0.226. The number of methoxy groups -OCH3 is 1. The molecule has 0 radical (unpaired) electrons. The van der Waals surface area contributed by atoms with Gasteiger partial charge in [-0.1, -0.05) is 44.0 Å². The van der Waals surface area contributed by atoms with E-state index in [0.717, 1.165) is 14.5 Å². The van der Waals surface area contributed by atoms with E-state index in [9.17, 15) is 9.59 Å². The molecule has 1 N–H and O–H groups in total. The average molecular weight is 466 g/mol. The standard InChI is InChI=1S/C18H14Br2N2O3/c1-25-18(24)16-14(11-3-2-4-13(20)9-11)15(21-22-16)17(23)10-5-7-12(19)8-6-10/h2-9,14,16,22H,1H3/t14-,16+/m0/s1. The summed E-state index contributed by atoms with van der Waals surface area (Å²) >= 11 is 6.78. The maximum atomic E-state index is 12.9. The van der Waals surface area contributed by atoms with Crippen LogP contribution in [-0.2, 0) is 9.53 Å².